The molecule has 0 bridgehead atoms. The summed E-state index contributed by atoms with van der Waals surface area (Å²) in [6, 6.07) is 13.8. The molecule has 2 aromatic carbocycles. The van der Waals surface area contributed by atoms with Gasteiger partial charge in [-0.05, 0) is 24.3 Å². The van der Waals surface area contributed by atoms with Gasteiger partial charge in [-0.2, -0.15) is 0 Å². The number of fused-ring (bicyclic) bond motifs is 1. The SMILES string of the molecule is COc1cccc(NCC(=O)NNC(=O)Cn2nnc3ccccc3c2=O)c1. The predicted octanol–water partition coefficient (Wildman–Crippen LogP) is 0.0596. The fraction of sp³-hybridized carbons (Fsp3) is 0.167. The molecule has 0 aliphatic carbocycles. The largest absolute Gasteiger partial charge is 0.497 e. The Bertz CT molecular complexity index is 1070. The van der Waals surface area contributed by atoms with Crippen LogP contribution in [0.1, 0.15) is 0 Å². The van der Waals surface area contributed by atoms with E-state index in [1.165, 1.54) is 0 Å². The highest BCUT2D eigenvalue weighted by atomic mass is 16.5. The summed E-state index contributed by atoms with van der Waals surface area (Å²) in [7, 11) is 1.55. The van der Waals surface area contributed by atoms with Crippen LogP contribution in [-0.4, -0.2) is 40.5 Å². The van der Waals surface area contributed by atoms with Crippen molar-refractivity contribution < 1.29 is 14.3 Å². The van der Waals surface area contributed by atoms with E-state index in [2.05, 4.69) is 26.5 Å². The minimum Gasteiger partial charge on any atom is -0.497 e. The zero-order valence-corrected chi connectivity index (χ0v) is 15.0. The zero-order valence-electron chi connectivity index (χ0n) is 15.0. The quantitative estimate of drug-likeness (QED) is 0.515. The summed E-state index contributed by atoms with van der Waals surface area (Å²) in [4.78, 5) is 36.1. The maximum absolute atomic E-state index is 12.3. The smallest absolute Gasteiger partial charge is 0.278 e. The Balaban J connectivity index is 1.50. The van der Waals surface area contributed by atoms with Gasteiger partial charge in [-0.25, -0.2) is 4.68 Å². The molecule has 0 saturated carbocycles. The van der Waals surface area contributed by atoms with E-state index in [9.17, 15) is 14.4 Å². The lowest BCUT2D eigenvalue weighted by molar-refractivity contribution is -0.128. The first-order chi connectivity index (χ1) is 13.6. The summed E-state index contributed by atoms with van der Waals surface area (Å²) < 4.78 is 6.03. The number of carbonyl (C=O) groups excluding carboxylic acids is 2. The second-order valence-corrected chi connectivity index (χ2v) is 5.75. The first-order valence-electron chi connectivity index (χ1n) is 8.35. The number of hydrazine groups is 1. The van der Waals surface area contributed by atoms with Gasteiger partial charge in [-0.1, -0.05) is 23.4 Å². The van der Waals surface area contributed by atoms with Gasteiger partial charge in [0.15, 0.2) is 0 Å². The van der Waals surface area contributed by atoms with Crippen LogP contribution in [0.4, 0.5) is 5.69 Å². The third-order valence-corrected chi connectivity index (χ3v) is 3.79. The second kappa shape index (κ2) is 8.62. The van der Waals surface area contributed by atoms with Crippen LogP contribution in [0.3, 0.4) is 0 Å². The summed E-state index contributed by atoms with van der Waals surface area (Å²) in [6.07, 6.45) is 0. The molecule has 10 nitrogen and oxygen atoms in total. The van der Waals surface area contributed by atoms with Crippen LogP contribution in [0.25, 0.3) is 10.9 Å². The van der Waals surface area contributed by atoms with Crippen molar-refractivity contribution >= 4 is 28.4 Å². The van der Waals surface area contributed by atoms with Gasteiger partial charge in [0.25, 0.3) is 17.4 Å². The molecule has 3 rings (SSSR count). The summed E-state index contributed by atoms with van der Waals surface area (Å²) in [6.45, 7) is -0.441. The number of ether oxygens (including phenoxy) is 1. The molecule has 1 aromatic heterocycles. The molecule has 10 heteroatoms. The molecule has 3 N–H and O–H groups in total. The molecule has 28 heavy (non-hydrogen) atoms. The molecular weight excluding hydrogens is 364 g/mol. The van der Waals surface area contributed by atoms with Crippen molar-refractivity contribution in [1.82, 2.24) is 25.8 Å². The van der Waals surface area contributed by atoms with Gasteiger partial charge in [-0.15, -0.1) is 5.10 Å². The molecule has 144 valence electrons. The number of nitrogens with one attached hydrogen (secondary N) is 3. The lowest BCUT2D eigenvalue weighted by Crippen LogP contribution is -2.46. The van der Waals surface area contributed by atoms with E-state index in [4.69, 9.17) is 4.74 Å². The van der Waals surface area contributed by atoms with Crippen molar-refractivity contribution in [2.24, 2.45) is 0 Å². The number of hydrogen-bond acceptors (Lipinski definition) is 7. The van der Waals surface area contributed by atoms with Crippen molar-refractivity contribution in [3.8, 4) is 5.75 Å². The highest BCUT2D eigenvalue weighted by Gasteiger charge is 2.10. The number of carbonyl (C=O) groups is 2. The molecule has 0 aliphatic heterocycles. The molecule has 0 spiro atoms. The van der Waals surface area contributed by atoms with Gasteiger partial charge in [0.2, 0.25) is 0 Å². The Kier molecular flexibility index (Phi) is 5.80. The average molecular weight is 382 g/mol. The monoisotopic (exact) mass is 382 g/mol. The predicted molar refractivity (Wildman–Crippen MR) is 102 cm³/mol. The van der Waals surface area contributed by atoms with Crippen LogP contribution >= 0.6 is 0 Å². The molecule has 1 heterocycles. The van der Waals surface area contributed by atoms with E-state index >= 15 is 0 Å². The van der Waals surface area contributed by atoms with Gasteiger partial charge in [0.1, 0.15) is 17.8 Å². The van der Waals surface area contributed by atoms with Crippen LogP contribution in [0.5, 0.6) is 5.75 Å². The molecule has 0 unspecified atom stereocenters. The molecule has 2 amide bonds. The summed E-state index contributed by atoms with van der Waals surface area (Å²) in [5.41, 5.74) is 5.20. The number of aromatic nitrogens is 3. The van der Waals surface area contributed by atoms with Gasteiger partial charge in [-0.3, -0.25) is 25.2 Å². The van der Waals surface area contributed by atoms with Crippen molar-refractivity contribution in [3.63, 3.8) is 0 Å². The van der Waals surface area contributed by atoms with Gasteiger partial charge < -0.3 is 10.1 Å². The first kappa shape index (κ1) is 18.8. The third kappa shape index (κ3) is 4.61. The van der Waals surface area contributed by atoms with E-state index in [0.29, 0.717) is 22.3 Å². The minimum atomic E-state index is -0.610. The second-order valence-electron chi connectivity index (χ2n) is 5.75. The lowest BCUT2D eigenvalue weighted by Gasteiger charge is -2.10. The standard InChI is InChI=1S/C18H18N6O4/c1-28-13-6-4-5-12(9-13)19-10-16(25)21-22-17(26)11-24-18(27)14-7-2-3-8-15(14)20-23-24/h2-9,19H,10-11H2,1H3,(H,21,25)(H,22,26). The molecule has 0 atom stereocenters. The third-order valence-electron chi connectivity index (χ3n) is 3.79. The summed E-state index contributed by atoms with van der Waals surface area (Å²) in [5, 5.41) is 10.9. The minimum absolute atomic E-state index is 0.0663. The van der Waals surface area contributed by atoms with Crippen LogP contribution in [0.2, 0.25) is 0 Å². The first-order valence-corrected chi connectivity index (χ1v) is 8.35. The molecule has 0 radical (unpaired) electrons. The topological polar surface area (TPSA) is 127 Å². The van der Waals surface area contributed by atoms with Crippen LogP contribution in [-0.2, 0) is 16.1 Å². The number of rotatable bonds is 6. The maximum atomic E-state index is 12.3. The maximum Gasteiger partial charge on any atom is 0.278 e. The Morgan fingerprint density at radius 1 is 1.07 bits per heavy atom. The fourth-order valence-corrected chi connectivity index (χ4v) is 2.40. The van der Waals surface area contributed by atoms with E-state index in [1.54, 1.807) is 55.6 Å². The van der Waals surface area contributed by atoms with Crippen molar-refractivity contribution in [3.05, 3.63) is 58.9 Å². The van der Waals surface area contributed by atoms with Gasteiger partial charge >= 0.3 is 0 Å². The molecule has 0 aliphatic rings. The summed E-state index contributed by atoms with van der Waals surface area (Å²) in [5.74, 6) is -0.421. The van der Waals surface area contributed by atoms with Crippen molar-refractivity contribution in [1.29, 1.82) is 0 Å². The number of methoxy groups -OCH3 is 1. The number of nitrogens with zero attached hydrogens (tertiary/aromatic N) is 3. The number of hydrogen-bond donors (Lipinski definition) is 3. The normalized spacial score (nSPS) is 10.3. The number of amides is 2. The van der Waals surface area contributed by atoms with E-state index in [-0.39, 0.29) is 13.1 Å². The van der Waals surface area contributed by atoms with Gasteiger partial charge in [0, 0.05) is 11.8 Å². The Hall–Kier alpha value is -3.95. The Labute approximate surface area is 159 Å². The van der Waals surface area contributed by atoms with Crippen LogP contribution in [0, 0.1) is 0 Å². The highest BCUT2D eigenvalue weighted by Crippen LogP contribution is 2.16. The Morgan fingerprint density at radius 2 is 1.86 bits per heavy atom. The van der Waals surface area contributed by atoms with Gasteiger partial charge in [0.05, 0.1) is 19.0 Å². The van der Waals surface area contributed by atoms with Crippen molar-refractivity contribution in [2.45, 2.75) is 6.54 Å². The molecule has 0 saturated heterocycles. The van der Waals surface area contributed by atoms with Crippen molar-refractivity contribution in [2.75, 3.05) is 19.0 Å². The molecule has 3 aromatic rings. The van der Waals surface area contributed by atoms with Crippen LogP contribution in [0.15, 0.2) is 53.3 Å². The summed E-state index contributed by atoms with van der Waals surface area (Å²) >= 11 is 0. The van der Waals surface area contributed by atoms with Crippen LogP contribution < -0.4 is 26.5 Å². The molecule has 0 fully saturated rings. The van der Waals surface area contributed by atoms with E-state index in [1.807, 2.05) is 0 Å². The van der Waals surface area contributed by atoms with E-state index < -0.39 is 17.4 Å². The van der Waals surface area contributed by atoms with E-state index in [0.717, 1.165) is 4.68 Å². The Morgan fingerprint density at radius 3 is 2.68 bits per heavy atom. The zero-order chi connectivity index (χ0) is 19.9. The number of anilines is 1. The molecular formula is C18H18N6O4. The highest BCUT2D eigenvalue weighted by molar-refractivity contribution is 5.84. The fourth-order valence-electron chi connectivity index (χ4n) is 2.40. The average Bonchev–Trinajstić information content (AvgIpc) is 2.73. The number of benzene rings is 2. The lowest BCUT2D eigenvalue weighted by atomic mass is 10.2.